The fourth-order valence-corrected chi connectivity index (χ4v) is 2.57. The molecule has 1 rings (SSSR count). The predicted octanol–water partition coefficient (Wildman–Crippen LogP) is 6.81. The lowest BCUT2D eigenvalue weighted by Gasteiger charge is -2.07. The molecule has 0 aromatic heterocycles. The third-order valence-electron chi connectivity index (χ3n) is 3.78. The monoisotopic (exact) mass is 313 g/mol. The minimum atomic E-state index is -0.357. The predicted molar refractivity (Wildman–Crippen MR) is 91.7 cm³/mol. The maximum atomic E-state index is 13.2. The molecule has 0 amide bonds. The maximum Gasteiger partial charge on any atom is 0.143 e. The van der Waals surface area contributed by atoms with Crippen molar-refractivity contribution in [3.05, 3.63) is 29.0 Å². The summed E-state index contributed by atoms with van der Waals surface area (Å²) in [7, 11) is 0. The van der Waals surface area contributed by atoms with E-state index in [1.165, 1.54) is 63.9 Å². The Morgan fingerprint density at radius 1 is 0.905 bits per heavy atom. The molecule has 1 N–H and O–H groups in total. The first kappa shape index (κ1) is 18.3. The summed E-state index contributed by atoms with van der Waals surface area (Å²) in [5.41, 5.74) is 0.813. The van der Waals surface area contributed by atoms with E-state index in [1.807, 2.05) is 6.07 Å². The molecule has 120 valence electrons. The standard InChI is InChI=1S/C18H29ClFN/c1-2-3-4-5-6-7-8-9-10-11-14-21-16-12-13-17(19)18(20)15-16/h12-13,15,21H,2-11,14H2,1H3. The molecule has 0 aliphatic heterocycles. The number of rotatable bonds is 12. The number of hydrogen-bond acceptors (Lipinski definition) is 1. The van der Waals surface area contributed by atoms with Crippen LogP contribution in [0.4, 0.5) is 10.1 Å². The fraction of sp³-hybridized carbons (Fsp3) is 0.667. The van der Waals surface area contributed by atoms with Crippen molar-refractivity contribution < 1.29 is 4.39 Å². The molecular formula is C18H29ClFN. The van der Waals surface area contributed by atoms with Gasteiger partial charge in [-0.15, -0.1) is 0 Å². The molecule has 0 saturated carbocycles. The Kier molecular flexibility index (Phi) is 10.3. The first-order valence-electron chi connectivity index (χ1n) is 8.43. The molecule has 1 aromatic carbocycles. The molecule has 0 atom stereocenters. The molecule has 21 heavy (non-hydrogen) atoms. The molecule has 0 saturated heterocycles. The molecule has 0 radical (unpaired) electrons. The van der Waals surface area contributed by atoms with Crippen molar-refractivity contribution in [3.8, 4) is 0 Å². The van der Waals surface area contributed by atoms with E-state index < -0.39 is 0 Å². The second-order valence-electron chi connectivity index (χ2n) is 5.74. The lowest BCUT2D eigenvalue weighted by atomic mass is 10.1. The van der Waals surface area contributed by atoms with Crippen molar-refractivity contribution >= 4 is 17.3 Å². The van der Waals surface area contributed by atoms with Gasteiger partial charge in [0, 0.05) is 12.2 Å². The Hall–Kier alpha value is -0.760. The topological polar surface area (TPSA) is 12.0 Å². The van der Waals surface area contributed by atoms with E-state index in [1.54, 1.807) is 6.07 Å². The van der Waals surface area contributed by atoms with Crippen molar-refractivity contribution in [3.63, 3.8) is 0 Å². The van der Waals surface area contributed by atoms with E-state index in [2.05, 4.69) is 12.2 Å². The van der Waals surface area contributed by atoms with Crippen LogP contribution in [0.25, 0.3) is 0 Å². The van der Waals surface area contributed by atoms with Crippen LogP contribution in [-0.2, 0) is 0 Å². The zero-order valence-corrected chi connectivity index (χ0v) is 14.0. The van der Waals surface area contributed by atoms with Gasteiger partial charge in [0.15, 0.2) is 0 Å². The van der Waals surface area contributed by atoms with Crippen LogP contribution in [0.1, 0.15) is 71.1 Å². The molecule has 0 heterocycles. The van der Waals surface area contributed by atoms with Gasteiger partial charge in [0.1, 0.15) is 5.82 Å². The SMILES string of the molecule is CCCCCCCCCCCCNc1ccc(Cl)c(F)c1. The summed E-state index contributed by atoms with van der Waals surface area (Å²) in [5.74, 6) is -0.357. The van der Waals surface area contributed by atoms with Crippen molar-refractivity contribution in [2.24, 2.45) is 0 Å². The Morgan fingerprint density at radius 3 is 2.05 bits per heavy atom. The highest BCUT2D eigenvalue weighted by Crippen LogP contribution is 2.18. The van der Waals surface area contributed by atoms with Crippen LogP contribution in [-0.4, -0.2) is 6.54 Å². The number of benzene rings is 1. The Labute approximate surface area is 134 Å². The van der Waals surface area contributed by atoms with Gasteiger partial charge in [0.25, 0.3) is 0 Å². The van der Waals surface area contributed by atoms with Crippen LogP contribution in [0.15, 0.2) is 18.2 Å². The van der Waals surface area contributed by atoms with Gasteiger partial charge in [-0.1, -0.05) is 76.3 Å². The summed E-state index contributed by atoms with van der Waals surface area (Å²) in [6, 6.07) is 4.87. The Bertz CT molecular complexity index is 381. The van der Waals surface area contributed by atoms with Gasteiger partial charge in [0.2, 0.25) is 0 Å². The molecular weight excluding hydrogens is 285 g/mol. The normalized spacial score (nSPS) is 10.8. The highest BCUT2D eigenvalue weighted by Gasteiger charge is 2.00. The first-order chi connectivity index (χ1) is 10.2. The van der Waals surface area contributed by atoms with Crippen LogP contribution in [0.2, 0.25) is 5.02 Å². The van der Waals surface area contributed by atoms with E-state index in [9.17, 15) is 4.39 Å². The molecule has 0 spiro atoms. The molecule has 0 aliphatic carbocycles. The highest BCUT2D eigenvalue weighted by atomic mass is 35.5. The number of halogens is 2. The summed E-state index contributed by atoms with van der Waals surface area (Å²) in [5, 5.41) is 3.42. The molecule has 0 unspecified atom stereocenters. The first-order valence-corrected chi connectivity index (χ1v) is 8.80. The van der Waals surface area contributed by atoms with Crippen molar-refractivity contribution in [2.45, 2.75) is 71.1 Å². The van der Waals surface area contributed by atoms with Gasteiger partial charge in [-0.2, -0.15) is 0 Å². The number of nitrogens with one attached hydrogen (secondary N) is 1. The average molecular weight is 314 g/mol. The van der Waals surface area contributed by atoms with Crippen molar-refractivity contribution in [1.29, 1.82) is 0 Å². The van der Waals surface area contributed by atoms with Crippen LogP contribution < -0.4 is 5.32 Å². The minimum Gasteiger partial charge on any atom is -0.385 e. The Balaban J connectivity index is 1.91. The third-order valence-corrected chi connectivity index (χ3v) is 4.09. The van der Waals surface area contributed by atoms with E-state index in [4.69, 9.17) is 11.6 Å². The summed E-state index contributed by atoms with van der Waals surface area (Å²) in [6.07, 6.45) is 13.3. The number of anilines is 1. The van der Waals surface area contributed by atoms with Crippen LogP contribution >= 0.6 is 11.6 Å². The summed E-state index contributed by atoms with van der Waals surface area (Å²) in [4.78, 5) is 0. The maximum absolute atomic E-state index is 13.2. The second kappa shape index (κ2) is 11.9. The van der Waals surface area contributed by atoms with Gasteiger partial charge in [0.05, 0.1) is 5.02 Å². The van der Waals surface area contributed by atoms with Crippen LogP contribution in [0.3, 0.4) is 0 Å². The lowest BCUT2D eigenvalue weighted by molar-refractivity contribution is 0.560. The van der Waals surface area contributed by atoms with E-state index in [-0.39, 0.29) is 10.8 Å². The average Bonchev–Trinajstić information content (AvgIpc) is 2.48. The number of hydrogen-bond donors (Lipinski definition) is 1. The highest BCUT2D eigenvalue weighted by molar-refractivity contribution is 6.30. The molecule has 1 nitrogen and oxygen atoms in total. The summed E-state index contributed by atoms with van der Waals surface area (Å²) < 4.78 is 13.2. The van der Waals surface area contributed by atoms with Gasteiger partial charge in [-0.05, 0) is 24.6 Å². The van der Waals surface area contributed by atoms with Crippen LogP contribution in [0.5, 0.6) is 0 Å². The second-order valence-corrected chi connectivity index (χ2v) is 6.14. The van der Waals surface area contributed by atoms with E-state index in [0.29, 0.717) is 0 Å². The number of unbranched alkanes of at least 4 members (excludes halogenated alkanes) is 9. The third kappa shape index (κ3) is 8.98. The quantitative estimate of drug-likeness (QED) is 0.418. The molecule has 0 aliphatic rings. The van der Waals surface area contributed by atoms with Crippen molar-refractivity contribution in [1.82, 2.24) is 0 Å². The van der Waals surface area contributed by atoms with Crippen LogP contribution in [0, 0.1) is 5.82 Å². The van der Waals surface area contributed by atoms with Gasteiger partial charge in [-0.3, -0.25) is 0 Å². The zero-order chi connectivity index (χ0) is 15.3. The molecule has 0 bridgehead atoms. The molecule has 3 heteroatoms. The fourth-order valence-electron chi connectivity index (χ4n) is 2.45. The molecule has 0 fully saturated rings. The smallest absolute Gasteiger partial charge is 0.143 e. The van der Waals surface area contributed by atoms with Crippen molar-refractivity contribution in [2.75, 3.05) is 11.9 Å². The van der Waals surface area contributed by atoms with Gasteiger partial charge < -0.3 is 5.32 Å². The Morgan fingerprint density at radius 2 is 1.48 bits per heavy atom. The van der Waals surface area contributed by atoms with Gasteiger partial charge in [-0.25, -0.2) is 4.39 Å². The molecule has 1 aromatic rings. The largest absolute Gasteiger partial charge is 0.385 e. The van der Waals surface area contributed by atoms with Gasteiger partial charge >= 0.3 is 0 Å². The summed E-state index contributed by atoms with van der Waals surface area (Å²) >= 11 is 5.65. The lowest BCUT2D eigenvalue weighted by Crippen LogP contribution is -2.01. The van der Waals surface area contributed by atoms with E-state index in [0.717, 1.165) is 18.7 Å². The summed E-state index contributed by atoms with van der Waals surface area (Å²) in [6.45, 7) is 3.16. The van der Waals surface area contributed by atoms with E-state index >= 15 is 0 Å². The minimum absolute atomic E-state index is 0.180. The zero-order valence-electron chi connectivity index (χ0n) is 13.3.